The van der Waals surface area contributed by atoms with Gasteiger partial charge in [0.05, 0.1) is 29.8 Å². The maximum Gasteiger partial charge on any atom is 0.338 e. The quantitative estimate of drug-likeness (QED) is 0.404. The van der Waals surface area contributed by atoms with Crippen molar-refractivity contribution in [2.75, 3.05) is 27.4 Å². The molecular formula is C19H23N3O8. The van der Waals surface area contributed by atoms with E-state index in [0.717, 1.165) is 18.9 Å². The third-order valence-electron chi connectivity index (χ3n) is 5.23. The Balaban J connectivity index is 2.00. The molecule has 11 nitrogen and oxygen atoms in total. The first kappa shape index (κ1) is 21.4. The van der Waals surface area contributed by atoms with Crippen LogP contribution in [-0.2, 0) is 14.3 Å². The van der Waals surface area contributed by atoms with Gasteiger partial charge in [-0.05, 0) is 31.4 Å². The number of phenols is 1. The molecule has 0 bridgehead atoms. The van der Waals surface area contributed by atoms with E-state index in [9.17, 15) is 24.8 Å². The number of allylic oxidation sites excluding steroid dienone is 1. The van der Waals surface area contributed by atoms with Gasteiger partial charge in [0, 0.05) is 25.4 Å². The van der Waals surface area contributed by atoms with Crippen LogP contribution in [0.1, 0.15) is 31.4 Å². The summed E-state index contributed by atoms with van der Waals surface area (Å²) in [5.41, 5.74) is 0.0522. The minimum absolute atomic E-state index is 0.0685. The number of urea groups is 1. The number of esters is 1. The smallest absolute Gasteiger partial charge is 0.338 e. The Morgan fingerprint density at radius 3 is 2.80 bits per heavy atom. The first-order valence-electron chi connectivity index (χ1n) is 9.33. The second kappa shape index (κ2) is 8.57. The van der Waals surface area contributed by atoms with Crippen LogP contribution in [0.2, 0.25) is 0 Å². The lowest BCUT2D eigenvalue weighted by atomic mass is 9.94. The Hall–Kier alpha value is -3.34. The molecule has 1 aromatic rings. The average molecular weight is 421 g/mol. The van der Waals surface area contributed by atoms with Crippen LogP contribution in [0, 0.1) is 10.1 Å². The number of nitro benzene ring substituents is 1. The number of hydrogen-bond donors (Lipinski definition) is 2. The van der Waals surface area contributed by atoms with Crippen molar-refractivity contribution in [1.29, 1.82) is 0 Å². The van der Waals surface area contributed by atoms with Crippen LogP contribution in [0.3, 0.4) is 0 Å². The molecule has 2 atom stereocenters. The van der Waals surface area contributed by atoms with Gasteiger partial charge in [-0.25, -0.2) is 9.59 Å². The summed E-state index contributed by atoms with van der Waals surface area (Å²) in [7, 11) is 2.74. The van der Waals surface area contributed by atoms with Gasteiger partial charge in [0.25, 0.3) is 0 Å². The molecule has 0 unspecified atom stereocenters. The summed E-state index contributed by atoms with van der Waals surface area (Å²) in [5.74, 6) is -1.47. The molecule has 162 valence electrons. The highest BCUT2D eigenvalue weighted by Crippen LogP contribution is 2.41. The molecule has 0 spiro atoms. The molecule has 0 aliphatic carbocycles. The summed E-state index contributed by atoms with van der Waals surface area (Å²) in [6.07, 6.45) is 1.49. The molecular weight excluding hydrogens is 398 g/mol. The fourth-order valence-corrected chi connectivity index (χ4v) is 3.45. The SMILES string of the molecule is COc1cc([C@H]2NC(=O)N(C)C(C)=C2C(=O)OC[C@@H]2CCCO2)cc([N+](=O)[O-])c1O. The highest BCUT2D eigenvalue weighted by Gasteiger charge is 2.37. The number of ether oxygens (including phenoxy) is 3. The van der Waals surface area contributed by atoms with Gasteiger partial charge in [0.15, 0.2) is 5.75 Å². The topological polar surface area (TPSA) is 140 Å². The molecule has 0 saturated carbocycles. The number of methoxy groups -OCH3 is 1. The minimum atomic E-state index is -1.03. The molecule has 2 aliphatic heterocycles. The molecule has 2 amide bonds. The number of nitrogens with one attached hydrogen (secondary N) is 1. The number of rotatable bonds is 6. The van der Waals surface area contributed by atoms with Gasteiger partial charge < -0.3 is 29.5 Å². The van der Waals surface area contributed by atoms with E-state index < -0.39 is 34.4 Å². The lowest BCUT2D eigenvalue weighted by molar-refractivity contribution is -0.386. The van der Waals surface area contributed by atoms with E-state index in [1.165, 1.54) is 25.1 Å². The summed E-state index contributed by atoms with van der Waals surface area (Å²) in [6.45, 7) is 2.27. The second-order valence-corrected chi connectivity index (χ2v) is 7.02. The Kier molecular flexibility index (Phi) is 6.11. The first-order valence-corrected chi connectivity index (χ1v) is 9.33. The summed E-state index contributed by atoms with van der Waals surface area (Å²) < 4.78 is 15.9. The Morgan fingerprint density at radius 1 is 1.47 bits per heavy atom. The predicted octanol–water partition coefficient (Wildman–Crippen LogP) is 2.00. The van der Waals surface area contributed by atoms with Gasteiger partial charge in [-0.1, -0.05) is 0 Å². The van der Waals surface area contributed by atoms with Crippen LogP contribution >= 0.6 is 0 Å². The fourth-order valence-electron chi connectivity index (χ4n) is 3.45. The predicted molar refractivity (Wildman–Crippen MR) is 103 cm³/mol. The maximum atomic E-state index is 12.9. The van der Waals surface area contributed by atoms with Crippen molar-refractivity contribution in [3.63, 3.8) is 0 Å². The molecule has 11 heteroatoms. The number of amides is 2. The van der Waals surface area contributed by atoms with Gasteiger partial charge in [0.1, 0.15) is 6.61 Å². The van der Waals surface area contributed by atoms with Crippen LogP contribution in [0.15, 0.2) is 23.4 Å². The van der Waals surface area contributed by atoms with Crippen molar-refractivity contribution >= 4 is 17.7 Å². The van der Waals surface area contributed by atoms with Crippen molar-refractivity contribution in [2.24, 2.45) is 0 Å². The average Bonchev–Trinajstić information content (AvgIpc) is 3.23. The molecule has 0 aromatic heterocycles. The summed E-state index contributed by atoms with van der Waals surface area (Å²) in [5, 5.41) is 24.0. The third-order valence-corrected chi connectivity index (χ3v) is 5.23. The number of aromatic hydroxyl groups is 1. The fraction of sp³-hybridized carbons (Fsp3) is 0.474. The number of carbonyl (C=O) groups is 2. The number of nitrogens with zero attached hydrogens (tertiary/aromatic N) is 2. The second-order valence-electron chi connectivity index (χ2n) is 7.02. The molecule has 30 heavy (non-hydrogen) atoms. The van der Waals surface area contributed by atoms with Gasteiger partial charge >= 0.3 is 17.7 Å². The van der Waals surface area contributed by atoms with E-state index in [4.69, 9.17) is 14.2 Å². The highest BCUT2D eigenvalue weighted by molar-refractivity contribution is 5.95. The van der Waals surface area contributed by atoms with Crippen LogP contribution in [0.25, 0.3) is 0 Å². The van der Waals surface area contributed by atoms with E-state index >= 15 is 0 Å². The molecule has 1 fully saturated rings. The van der Waals surface area contributed by atoms with Gasteiger partial charge in [0.2, 0.25) is 5.75 Å². The van der Waals surface area contributed by atoms with Crippen LogP contribution < -0.4 is 10.1 Å². The lowest BCUT2D eigenvalue weighted by Crippen LogP contribution is -2.46. The van der Waals surface area contributed by atoms with Crippen molar-refractivity contribution < 1.29 is 33.8 Å². The number of benzene rings is 1. The first-order chi connectivity index (χ1) is 14.2. The lowest BCUT2D eigenvalue weighted by Gasteiger charge is -2.33. The number of phenolic OH excluding ortho intramolecular Hbond substituents is 1. The van der Waals surface area contributed by atoms with Crippen LogP contribution in [0.4, 0.5) is 10.5 Å². The Bertz CT molecular complexity index is 907. The van der Waals surface area contributed by atoms with Crippen molar-refractivity contribution in [1.82, 2.24) is 10.2 Å². The van der Waals surface area contributed by atoms with E-state index in [-0.39, 0.29) is 29.6 Å². The number of hydrogen-bond acceptors (Lipinski definition) is 8. The van der Waals surface area contributed by atoms with Crippen molar-refractivity contribution in [3.8, 4) is 11.5 Å². The van der Waals surface area contributed by atoms with Gasteiger partial charge in [-0.3, -0.25) is 10.1 Å². The van der Waals surface area contributed by atoms with E-state index in [2.05, 4.69) is 5.32 Å². The Morgan fingerprint density at radius 2 is 2.20 bits per heavy atom. The monoisotopic (exact) mass is 421 g/mol. The summed E-state index contributed by atoms with van der Waals surface area (Å²) >= 11 is 0. The standard InChI is InChI=1S/C19H23N3O8/c1-10-15(18(24)30-9-12-5-4-6-29-12)16(20-19(25)21(10)2)11-7-13(22(26)27)17(23)14(8-11)28-3/h7-8,12,16,23H,4-6,9H2,1-3H3,(H,20,25)/t12-,16+/m0/s1. The Labute approximate surface area is 172 Å². The van der Waals surface area contributed by atoms with E-state index in [0.29, 0.717) is 12.3 Å². The van der Waals surface area contributed by atoms with Crippen LogP contribution in [0.5, 0.6) is 11.5 Å². The molecule has 1 aromatic carbocycles. The van der Waals surface area contributed by atoms with Crippen molar-refractivity contribution in [3.05, 3.63) is 39.1 Å². The zero-order valence-electron chi connectivity index (χ0n) is 16.8. The highest BCUT2D eigenvalue weighted by atomic mass is 16.6. The normalized spacial score (nSPS) is 21.4. The molecule has 2 heterocycles. The van der Waals surface area contributed by atoms with Gasteiger partial charge in [-0.15, -0.1) is 0 Å². The molecule has 3 rings (SSSR count). The minimum Gasteiger partial charge on any atom is -0.500 e. The van der Waals surface area contributed by atoms with E-state index in [1.54, 1.807) is 6.92 Å². The molecule has 2 N–H and O–H groups in total. The number of nitro groups is 1. The largest absolute Gasteiger partial charge is 0.500 e. The van der Waals surface area contributed by atoms with Crippen LogP contribution in [-0.4, -0.2) is 60.4 Å². The number of carbonyl (C=O) groups excluding carboxylic acids is 2. The van der Waals surface area contributed by atoms with Crippen molar-refractivity contribution in [2.45, 2.75) is 31.9 Å². The summed E-state index contributed by atoms with van der Waals surface area (Å²) in [4.78, 5) is 37.1. The molecule has 1 saturated heterocycles. The maximum absolute atomic E-state index is 12.9. The molecule has 2 aliphatic rings. The van der Waals surface area contributed by atoms with E-state index in [1.807, 2.05) is 0 Å². The zero-order valence-corrected chi connectivity index (χ0v) is 16.8. The zero-order chi connectivity index (χ0) is 22.0. The van der Waals surface area contributed by atoms with Gasteiger partial charge in [-0.2, -0.15) is 0 Å². The third kappa shape index (κ3) is 4.01. The summed E-state index contributed by atoms with van der Waals surface area (Å²) in [6, 6.07) is 0.898. The molecule has 0 radical (unpaired) electrons.